The number of rotatable bonds is 2. The van der Waals surface area contributed by atoms with Gasteiger partial charge in [-0.1, -0.05) is 34.8 Å². The minimum Gasteiger partial charge on any atom is -0.419 e. The Morgan fingerprint density at radius 1 is 1.28 bits per heavy atom. The van der Waals surface area contributed by atoms with Gasteiger partial charge in [0.25, 0.3) is 0 Å². The molecule has 0 spiro atoms. The standard InChI is InChI=1S/C11H6Cl3NO2S/c1-5-15-9(4-18-5)11(16)17-10-7(13)2-6(12)3-8(10)14/h2-4H,1H3. The second kappa shape index (κ2) is 5.45. The molecule has 3 nitrogen and oxygen atoms in total. The van der Waals surface area contributed by atoms with Crippen LogP contribution in [0.5, 0.6) is 5.75 Å². The fraction of sp³-hybridized carbons (Fsp3) is 0.0909. The van der Waals surface area contributed by atoms with Crippen molar-refractivity contribution in [1.29, 1.82) is 0 Å². The van der Waals surface area contributed by atoms with Crippen molar-refractivity contribution in [3.63, 3.8) is 0 Å². The molecule has 0 unspecified atom stereocenters. The van der Waals surface area contributed by atoms with Gasteiger partial charge in [-0.3, -0.25) is 0 Å². The summed E-state index contributed by atoms with van der Waals surface area (Å²) >= 11 is 18.9. The molecule has 0 amide bonds. The molecule has 0 saturated heterocycles. The third-order valence-corrected chi connectivity index (χ3v) is 3.54. The lowest BCUT2D eigenvalue weighted by Crippen LogP contribution is -2.09. The number of benzene rings is 1. The highest BCUT2D eigenvalue weighted by molar-refractivity contribution is 7.09. The topological polar surface area (TPSA) is 39.2 Å². The summed E-state index contributed by atoms with van der Waals surface area (Å²) < 4.78 is 5.11. The number of hydrogen-bond donors (Lipinski definition) is 0. The zero-order valence-corrected chi connectivity index (χ0v) is 12.1. The van der Waals surface area contributed by atoms with Crippen molar-refractivity contribution < 1.29 is 9.53 Å². The van der Waals surface area contributed by atoms with Crippen LogP contribution in [0.3, 0.4) is 0 Å². The van der Waals surface area contributed by atoms with Gasteiger partial charge in [-0.2, -0.15) is 0 Å². The van der Waals surface area contributed by atoms with Gasteiger partial charge in [-0.15, -0.1) is 11.3 Å². The second-order valence-corrected chi connectivity index (χ2v) is 5.65. The molecule has 0 radical (unpaired) electrons. The van der Waals surface area contributed by atoms with Crippen LogP contribution in [0.2, 0.25) is 15.1 Å². The van der Waals surface area contributed by atoms with Crippen molar-refractivity contribution in [1.82, 2.24) is 4.98 Å². The normalized spacial score (nSPS) is 10.4. The van der Waals surface area contributed by atoms with Crippen molar-refractivity contribution in [3.05, 3.63) is 43.3 Å². The Hall–Kier alpha value is -0.810. The first kappa shape index (κ1) is 13.6. The molecule has 0 aliphatic rings. The number of hydrogen-bond acceptors (Lipinski definition) is 4. The Morgan fingerprint density at radius 3 is 2.39 bits per heavy atom. The highest BCUT2D eigenvalue weighted by Crippen LogP contribution is 2.36. The van der Waals surface area contributed by atoms with Crippen LogP contribution in [-0.4, -0.2) is 11.0 Å². The van der Waals surface area contributed by atoms with E-state index < -0.39 is 5.97 Å². The maximum atomic E-state index is 11.8. The number of esters is 1. The van der Waals surface area contributed by atoms with E-state index in [0.717, 1.165) is 5.01 Å². The van der Waals surface area contributed by atoms with E-state index in [4.69, 9.17) is 39.5 Å². The summed E-state index contributed by atoms with van der Waals surface area (Å²) in [4.78, 5) is 15.8. The summed E-state index contributed by atoms with van der Waals surface area (Å²) in [7, 11) is 0. The molecule has 0 N–H and O–H groups in total. The highest BCUT2D eigenvalue weighted by Gasteiger charge is 2.17. The van der Waals surface area contributed by atoms with Crippen molar-refractivity contribution in [2.45, 2.75) is 6.92 Å². The first-order chi connectivity index (χ1) is 8.47. The van der Waals surface area contributed by atoms with E-state index in [1.165, 1.54) is 23.5 Å². The minimum atomic E-state index is -0.606. The van der Waals surface area contributed by atoms with E-state index in [0.29, 0.717) is 5.02 Å². The molecule has 1 heterocycles. The molecule has 0 saturated carbocycles. The van der Waals surface area contributed by atoms with Crippen molar-refractivity contribution >= 4 is 52.1 Å². The van der Waals surface area contributed by atoms with Crippen LogP contribution in [0.4, 0.5) is 0 Å². The van der Waals surface area contributed by atoms with E-state index in [1.54, 1.807) is 12.3 Å². The van der Waals surface area contributed by atoms with Gasteiger partial charge in [0.1, 0.15) is 0 Å². The molecule has 94 valence electrons. The maximum Gasteiger partial charge on any atom is 0.363 e. The molecule has 0 fully saturated rings. The second-order valence-electron chi connectivity index (χ2n) is 3.34. The number of thiazole rings is 1. The van der Waals surface area contributed by atoms with E-state index in [2.05, 4.69) is 4.98 Å². The smallest absolute Gasteiger partial charge is 0.363 e. The first-order valence-corrected chi connectivity index (χ1v) is 6.77. The Kier molecular flexibility index (Phi) is 4.12. The SMILES string of the molecule is Cc1nc(C(=O)Oc2c(Cl)cc(Cl)cc2Cl)cs1. The molecular formula is C11H6Cl3NO2S. The third-order valence-electron chi connectivity index (χ3n) is 1.99. The number of carbonyl (C=O) groups is 1. The molecule has 1 aromatic heterocycles. The van der Waals surface area contributed by atoms with Gasteiger partial charge in [-0.25, -0.2) is 9.78 Å². The maximum absolute atomic E-state index is 11.8. The van der Waals surface area contributed by atoms with Crippen LogP contribution in [-0.2, 0) is 0 Å². The van der Waals surface area contributed by atoms with E-state index in [9.17, 15) is 4.79 Å². The van der Waals surface area contributed by atoms with Gasteiger partial charge in [-0.05, 0) is 19.1 Å². The summed E-state index contributed by atoms with van der Waals surface area (Å²) in [5.74, 6) is -0.524. The first-order valence-electron chi connectivity index (χ1n) is 4.76. The van der Waals surface area contributed by atoms with Gasteiger partial charge in [0.05, 0.1) is 15.1 Å². The number of halogens is 3. The summed E-state index contributed by atoms with van der Waals surface area (Å²) in [5.41, 5.74) is 0.222. The summed E-state index contributed by atoms with van der Waals surface area (Å²) in [5, 5.41) is 3.10. The van der Waals surface area contributed by atoms with Crippen LogP contribution in [0.25, 0.3) is 0 Å². The third kappa shape index (κ3) is 2.95. The molecule has 0 aliphatic heterocycles. The molecule has 0 aliphatic carbocycles. The average molecular weight is 323 g/mol. The van der Waals surface area contributed by atoms with Crippen LogP contribution in [0.1, 0.15) is 15.5 Å². The monoisotopic (exact) mass is 321 g/mol. The Morgan fingerprint density at radius 2 is 1.89 bits per heavy atom. The average Bonchev–Trinajstić information content (AvgIpc) is 2.70. The molecule has 2 rings (SSSR count). The van der Waals surface area contributed by atoms with Gasteiger partial charge >= 0.3 is 5.97 Å². The van der Waals surface area contributed by atoms with Gasteiger partial charge in [0.15, 0.2) is 11.4 Å². The largest absolute Gasteiger partial charge is 0.419 e. The molecular weight excluding hydrogens is 317 g/mol. The lowest BCUT2D eigenvalue weighted by molar-refractivity contribution is 0.0729. The zero-order valence-electron chi connectivity index (χ0n) is 9.04. The minimum absolute atomic E-state index is 0.0818. The van der Waals surface area contributed by atoms with Crippen LogP contribution in [0.15, 0.2) is 17.5 Å². The number of aromatic nitrogens is 1. The van der Waals surface area contributed by atoms with Crippen molar-refractivity contribution in [2.24, 2.45) is 0 Å². The van der Waals surface area contributed by atoms with E-state index in [-0.39, 0.29) is 21.5 Å². The number of ether oxygens (including phenoxy) is 1. The fourth-order valence-corrected chi connectivity index (χ4v) is 2.70. The lowest BCUT2D eigenvalue weighted by atomic mass is 10.3. The molecule has 0 atom stereocenters. The number of nitrogens with zero attached hydrogens (tertiary/aromatic N) is 1. The Balaban J connectivity index is 2.27. The fourth-order valence-electron chi connectivity index (χ4n) is 1.23. The quantitative estimate of drug-likeness (QED) is 0.597. The molecule has 2 aromatic rings. The van der Waals surface area contributed by atoms with Gasteiger partial charge < -0.3 is 4.74 Å². The lowest BCUT2D eigenvalue weighted by Gasteiger charge is -2.07. The predicted octanol–water partition coefficient (Wildman–Crippen LogP) is 4.63. The van der Waals surface area contributed by atoms with Gasteiger partial charge in [0.2, 0.25) is 0 Å². The van der Waals surface area contributed by atoms with Crippen molar-refractivity contribution in [2.75, 3.05) is 0 Å². The summed E-state index contributed by atoms with van der Waals surface area (Å²) in [6, 6.07) is 2.90. The van der Waals surface area contributed by atoms with Crippen LogP contribution in [0, 0.1) is 6.92 Å². The molecule has 18 heavy (non-hydrogen) atoms. The van der Waals surface area contributed by atoms with Crippen LogP contribution >= 0.6 is 46.1 Å². The summed E-state index contributed by atoms with van der Waals surface area (Å²) in [6.07, 6.45) is 0. The molecule has 7 heteroatoms. The molecule has 0 bridgehead atoms. The van der Waals surface area contributed by atoms with Crippen molar-refractivity contribution in [3.8, 4) is 5.75 Å². The number of carbonyl (C=O) groups excluding carboxylic acids is 1. The van der Waals surface area contributed by atoms with Crippen LogP contribution < -0.4 is 4.74 Å². The number of aryl methyl sites for hydroxylation is 1. The predicted molar refractivity (Wildman–Crippen MR) is 73.3 cm³/mol. The zero-order chi connectivity index (χ0) is 13.3. The van der Waals surface area contributed by atoms with E-state index >= 15 is 0 Å². The van der Waals surface area contributed by atoms with Gasteiger partial charge in [0, 0.05) is 10.4 Å². The van der Waals surface area contributed by atoms with E-state index in [1.807, 2.05) is 0 Å². The molecule has 1 aromatic carbocycles. The Bertz CT molecular complexity index is 589. The highest BCUT2D eigenvalue weighted by atomic mass is 35.5. The summed E-state index contributed by atoms with van der Waals surface area (Å²) in [6.45, 7) is 1.80. The Labute approximate surface area is 122 Å².